The number of imidazole rings is 1. The summed E-state index contributed by atoms with van der Waals surface area (Å²) in [5, 5.41) is 9.05. The van der Waals surface area contributed by atoms with Crippen LogP contribution < -0.4 is 4.90 Å². The molecular weight excluding hydrogens is 304 g/mol. The second kappa shape index (κ2) is 5.70. The Labute approximate surface area is 138 Å². The standard InChI is InChI=1S/C18H14N4O2/c19-11-13-4-1-5-14(10-13)15-12-21-7-3-8-22(18(21)20-15)17(23)16-6-2-9-24-16/h1-2,4-6,9-10,12H,3,7-8H2. The molecule has 6 heteroatoms. The van der Waals surface area contributed by atoms with Crippen molar-refractivity contribution in [2.24, 2.45) is 0 Å². The number of rotatable bonds is 2. The third kappa shape index (κ3) is 2.36. The summed E-state index contributed by atoms with van der Waals surface area (Å²) in [6.45, 7) is 1.41. The molecule has 0 fully saturated rings. The summed E-state index contributed by atoms with van der Waals surface area (Å²) in [6, 6.07) is 12.8. The number of fused-ring (bicyclic) bond motifs is 1. The van der Waals surface area contributed by atoms with Gasteiger partial charge in [0.2, 0.25) is 5.95 Å². The molecule has 1 aliphatic rings. The molecule has 24 heavy (non-hydrogen) atoms. The summed E-state index contributed by atoms with van der Waals surface area (Å²) >= 11 is 0. The van der Waals surface area contributed by atoms with Gasteiger partial charge >= 0.3 is 0 Å². The zero-order valence-corrected chi connectivity index (χ0v) is 12.8. The van der Waals surface area contributed by atoms with Gasteiger partial charge in [0.15, 0.2) is 5.76 Å². The van der Waals surface area contributed by atoms with E-state index in [4.69, 9.17) is 9.68 Å². The smallest absolute Gasteiger partial charge is 0.296 e. The summed E-state index contributed by atoms with van der Waals surface area (Å²) in [5.74, 6) is 0.725. The molecule has 0 atom stereocenters. The van der Waals surface area contributed by atoms with Crippen molar-refractivity contribution >= 4 is 11.9 Å². The third-order valence-corrected chi connectivity index (χ3v) is 4.04. The lowest BCUT2D eigenvalue weighted by atomic mass is 10.1. The molecule has 0 spiro atoms. The van der Waals surface area contributed by atoms with Gasteiger partial charge in [-0.25, -0.2) is 4.98 Å². The molecule has 1 aliphatic heterocycles. The lowest BCUT2D eigenvalue weighted by molar-refractivity contribution is 0.0954. The van der Waals surface area contributed by atoms with Crippen molar-refractivity contribution < 1.29 is 9.21 Å². The highest BCUT2D eigenvalue weighted by atomic mass is 16.3. The molecule has 0 saturated carbocycles. The second-order valence-electron chi connectivity index (χ2n) is 5.60. The maximum atomic E-state index is 12.6. The largest absolute Gasteiger partial charge is 0.459 e. The molecule has 0 aliphatic carbocycles. The molecular formula is C18H14N4O2. The number of anilines is 1. The van der Waals surface area contributed by atoms with Gasteiger partial charge in [-0.3, -0.25) is 9.69 Å². The van der Waals surface area contributed by atoms with Crippen LogP contribution in [0.25, 0.3) is 11.3 Å². The topological polar surface area (TPSA) is 75.1 Å². The molecule has 6 nitrogen and oxygen atoms in total. The van der Waals surface area contributed by atoms with E-state index in [0.29, 0.717) is 23.8 Å². The Morgan fingerprint density at radius 2 is 2.17 bits per heavy atom. The number of nitriles is 1. The van der Waals surface area contributed by atoms with Gasteiger partial charge in [0, 0.05) is 24.8 Å². The number of hydrogen-bond donors (Lipinski definition) is 0. The average molecular weight is 318 g/mol. The summed E-state index contributed by atoms with van der Waals surface area (Å²) in [4.78, 5) is 18.9. The van der Waals surface area contributed by atoms with Gasteiger partial charge in [-0.2, -0.15) is 5.26 Å². The first-order valence-electron chi connectivity index (χ1n) is 7.69. The van der Waals surface area contributed by atoms with E-state index in [9.17, 15) is 4.79 Å². The first-order chi connectivity index (χ1) is 11.8. The van der Waals surface area contributed by atoms with Crippen molar-refractivity contribution in [3.05, 3.63) is 60.2 Å². The van der Waals surface area contributed by atoms with E-state index in [-0.39, 0.29) is 5.91 Å². The predicted molar refractivity (Wildman–Crippen MR) is 87.4 cm³/mol. The van der Waals surface area contributed by atoms with Gasteiger partial charge in [0.1, 0.15) is 0 Å². The number of benzene rings is 1. The van der Waals surface area contributed by atoms with Gasteiger partial charge in [-0.1, -0.05) is 12.1 Å². The van der Waals surface area contributed by atoms with E-state index in [1.54, 1.807) is 29.2 Å². The summed E-state index contributed by atoms with van der Waals surface area (Å²) in [6.07, 6.45) is 4.27. The predicted octanol–water partition coefficient (Wildman–Crippen LogP) is 3.07. The van der Waals surface area contributed by atoms with Crippen LogP contribution in [-0.2, 0) is 6.54 Å². The maximum Gasteiger partial charge on any atom is 0.296 e. The Morgan fingerprint density at radius 3 is 2.96 bits per heavy atom. The molecule has 3 heterocycles. The number of amides is 1. The van der Waals surface area contributed by atoms with Crippen LogP contribution in [0, 0.1) is 11.3 Å². The van der Waals surface area contributed by atoms with Crippen LogP contribution in [-0.4, -0.2) is 22.0 Å². The normalized spacial score (nSPS) is 13.4. The SMILES string of the molecule is N#Cc1cccc(-c2cn3c(n2)N(C(=O)c2ccco2)CCC3)c1. The fourth-order valence-electron chi connectivity index (χ4n) is 2.90. The van der Waals surface area contributed by atoms with Crippen molar-refractivity contribution in [3.8, 4) is 17.3 Å². The molecule has 0 unspecified atom stereocenters. The van der Waals surface area contributed by atoms with Crippen LogP contribution in [0.5, 0.6) is 0 Å². The van der Waals surface area contributed by atoms with Crippen molar-refractivity contribution in [1.82, 2.24) is 9.55 Å². The van der Waals surface area contributed by atoms with Crippen LogP contribution in [0.2, 0.25) is 0 Å². The van der Waals surface area contributed by atoms with E-state index >= 15 is 0 Å². The van der Waals surface area contributed by atoms with E-state index in [2.05, 4.69) is 11.1 Å². The highest BCUT2D eigenvalue weighted by molar-refractivity contribution is 6.03. The van der Waals surface area contributed by atoms with Gasteiger partial charge in [0.05, 0.1) is 23.6 Å². The fourth-order valence-corrected chi connectivity index (χ4v) is 2.90. The van der Waals surface area contributed by atoms with Crippen LogP contribution in [0.4, 0.5) is 5.95 Å². The van der Waals surface area contributed by atoms with E-state index < -0.39 is 0 Å². The first-order valence-corrected chi connectivity index (χ1v) is 7.69. The number of carbonyl (C=O) groups excluding carboxylic acids is 1. The van der Waals surface area contributed by atoms with Crippen LogP contribution >= 0.6 is 0 Å². The molecule has 1 aromatic carbocycles. The summed E-state index contributed by atoms with van der Waals surface area (Å²) in [7, 11) is 0. The first kappa shape index (κ1) is 14.3. The quantitative estimate of drug-likeness (QED) is 0.727. The monoisotopic (exact) mass is 318 g/mol. The van der Waals surface area contributed by atoms with Crippen LogP contribution in [0.1, 0.15) is 22.5 Å². The number of aryl methyl sites for hydroxylation is 1. The number of aromatic nitrogens is 2. The lowest BCUT2D eigenvalue weighted by Gasteiger charge is -2.26. The summed E-state index contributed by atoms with van der Waals surface area (Å²) < 4.78 is 7.19. The highest BCUT2D eigenvalue weighted by Gasteiger charge is 2.27. The number of nitrogens with zero attached hydrogens (tertiary/aromatic N) is 4. The van der Waals surface area contributed by atoms with Crippen molar-refractivity contribution in [2.45, 2.75) is 13.0 Å². The summed E-state index contributed by atoms with van der Waals surface area (Å²) in [5.41, 5.74) is 2.20. The van der Waals surface area contributed by atoms with E-state index in [1.807, 2.05) is 22.9 Å². The van der Waals surface area contributed by atoms with Crippen molar-refractivity contribution in [2.75, 3.05) is 11.4 Å². The molecule has 4 rings (SSSR count). The minimum absolute atomic E-state index is 0.191. The Morgan fingerprint density at radius 1 is 1.25 bits per heavy atom. The zero-order valence-electron chi connectivity index (χ0n) is 12.8. The van der Waals surface area contributed by atoms with Crippen molar-refractivity contribution in [3.63, 3.8) is 0 Å². The minimum Gasteiger partial charge on any atom is -0.459 e. The molecule has 0 bridgehead atoms. The Hall–Kier alpha value is -3.33. The number of hydrogen-bond acceptors (Lipinski definition) is 4. The molecule has 0 radical (unpaired) electrons. The lowest BCUT2D eigenvalue weighted by Crippen LogP contribution is -2.37. The highest BCUT2D eigenvalue weighted by Crippen LogP contribution is 2.28. The molecule has 0 N–H and O–H groups in total. The maximum absolute atomic E-state index is 12.6. The van der Waals surface area contributed by atoms with Crippen molar-refractivity contribution in [1.29, 1.82) is 5.26 Å². The number of furan rings is 1. The Bertz CT molecular complexity index is 934. The fraction of sp³-hybridized carbons (Fsp3) is 0.167. The Kier molecular flexibility index (Phi) is 3.39. The Balaban J connectivity index is 1.73. The zero-order chi connectivity index (χ0) is 16.5. The van der Waals surface area contributed by atoms with E-state index in [1.165, 1.54) is 6.26 Å². The van der Waals surface area contributed by atoms with Gasteiger partial charge < -0.3 is 8.98 Å². The van der Waals surface area contributed by atoms with Gasteiger partial charge in [-0.15, -0.1) is 0 Å². The van der Waals surface area contributed by atoms with Gasteiger partial charge in [-0.05, 0) is 30.7 Å². The third-order valence-electron chi connectivity index (χ3n) is 4.04. The van der Waals surface area contributed by atoms with Crippen LogP contribution in [0.15, 0.2) is 53.3 Å². The molecule has 118 valence electrons. The molecule has 1 amide bonds. The number of carbonyl (C=O) groups is 1. The minimum atomic E-state index is -0.191. The van der Waals surface area contributed by atoms with Gasteiger partial charge in [0.25, 0.3) is 5.91 Å². The van der Waals surface area contributed by atoms with E-state index in [0.717, 1.165) is 24.2 Å². The second-order valence-corrected chi connectivity index (χ2v) is 5.60. The molecule has 0 saturated heterocycles. The average Bonchev–Trinajstić information content (AvgIpc) is 3.30. The molecule has 2 aromatic heterocycles. The molecule has 3 aromatic rings. The van der Waals surface area contributed by atoms with Crippen LogP contribution in [0.3, 0.4) is 0 Å².